The van der Waals surface area contributed by atoms with E-state index in [1.54, 1.807) is 27.7 Å². The minimum atomic E-state index is 0.584. The molecule has 7 heteroatoms. The Kier molecular flexibility index (Phi) is 5.08. The van der Waals surface area contributed by atoms with Gasteiger partial charge in [0.15, 0.2) is 0 Å². The molecule has 26 heavy (non-hydrogen) atoms. The van der Waals surface area contributed by atoms with Gasteiger partial charge in [-0.2, -0.15) is 0 Å². The summed E-state index contributed by atoms with van der Waals surface area (Å²) in [6.45, 7) is 0. The molecule has 1 heterocycles. The van der Waals surface area contributed by atoms with Gasteiger partial charge in [0.25, 0.3) is 0 Å². The molecule has 0 amide bonds. The molecule has 0 radical (unpaired) electrons. The van der Waals surface area contributed by atoms with Crippen molar-refractivity contribution in [2.24, 2.45) is 7.05 Å². The zero-order chi connectivity index (χ0) is 18.8. The van der Waals surface area contributed by atoms with E-state index in [2.05, 4.69) is 20.9 Å². The van der Waals surface area contributed by atoms with Crippen LogP contribution in [0.25, 0.3) is 22.5 Å². The third-order valence-corrected chi connectivity index (χ3v) is 4.94. The second-order valence-electron chi connectivity index (χ2n) is 5.70. The Balaban J connectivity index is 2.21. The fourth-order valence-electron chi connectivity index (χ4n) is 2.85. The second-order valence-corrected chi connectivity index (χ2v) is 6.50. The Morgan fingerprint density at radius 3 is 2.08 bits per heavy atom. The maximum absolute atomic E-state index is 5.94. The number of hydrogen-bond donors (Lipinski definition) is 1. The summed E-state index contributed by atoms with van der Waals surface area (Å²) >= 11 is 3.51. The third kappa shape index (κ3) is 3.10. The topological polar surface area (TPSA) is 71.5 Å². The molecule has 0 atom stereocenters. The van der Waals surface area contributed by atoms with E-state index in [-0.39, 0.29) is 0 Å². The number of imidazole rings is 1. The summed E-state index contributed by atoms with van der Waals surface area (Å²) in [5, 5.41) is 0. The van der Waals surface area contributed by atoms with Crippen LogP contribution in [0.3, 0.4) is 0 Å². The maximum Gasteiger partial charge on any atom is 0.142 e. The van der Waals surface area contributed by atoms with Crippen molar-refractivity contribution >= 4 is 21.6 Å². The van der Waals surface area contributed by atoms with Crippen LogP contribution in [0.15, 0.2) is 41.1 Å². The summed E-state index contributed by atoms with van der Waals surface area (Å²) in [4.78, 5) is 4.57. The lowest BCUT2D eigenvalue weighted by Crippen LogP contribution is -1.96. The summed E-state index contributed by atoms with van der Waals surface area (Å²) in [6.07, 6.45) is 1.77. The highest BCUT2D eigenvalue weighted by Gasteiger charge is 2.18. The number of rotatable bonds is 5. The Morgan fingerprint density at radius 2 is 1.50 bits per heavy atom. The van der Waals surface area contributed by atoms with Gasteiger partial charge < -0.3 is 24.5 Å². The number of nitrogens with zero attached hydrogens (tertiary/aromatic N) is 2. The summed E-state index contributed by atoms with van der Waals surface area (Å²) in [5.74, 6) is 1.98. The van der Waals surface area contributed by atoms with Crippen LogP contribution >= 0.6 is 15.9 Å². The summed E-state index contributed by atoms with van der Waals surface area (Å²) in [6, 6.07) is 9.52. The van der Waals surface area contributed by atoms with Gasteiger partial charge in [0.1, 0.15) is 21.7 Å². The molecule has 0 spiro atoms. The number of benzene rings is 2. The number of nitrogen functional groups attached to an aromatic ring is 1. The first-order valence-electron chi connectivity index (χ1n) is 7.87. The lowest BCUT2D eigenvalue weighted by molar-refractivity contribution is 0.390. The number of nitrogens with two attached hydrogens (primary N) is 1. The summed E-state index contributed by atoms with van der Waals surface area (Å²) in [5.41, 5.74) is 10.1. The molecular formula is C19H20BrN3O3. The quantitative estimate of drug-likeness (QED) is 0.631. The molecule has 0 bridgehead atoms. The van der Waals surface area contributed by atoms with Crippen LogP contribution in [0.4, 0.5) is 5.69 Å². The number of methoxy groups -OCH3 is 3. The molecule has 0 unspecified atom stereocenters. The average Bonchev–Trinajstić information content (AvgIpc) is 3.04. The zero-order valence-electron chi connectivity index (χ0n) is 15.0. The van der Waals surface area contributed by atoms with E-state index in [0.29, 0.717) is 22.9 Å². The summed E-state index contributed by atoms with van der Waals surface area (Å²) in [7, 11) is 6.79. The molecule has 3 rings (SSSR count). The molecule has 2 N–H and O–H groups in total. The van der Waals surface area contributed by atoms with Crippen LogP contribution in [0.5, 0.6) is 17.2 Å². The molecular weight excluding hydrogens is 398 g/mol. The van der Waals surface area contributed by atoms with Crippen LogP contribution in [-0.4, -0.2) is 30.9 Å². The molecule has 0 saturated carbocycles. The fraction of sp³-hybridized carbons (Fsp3) is 0.211. The van der Waals surface area contributed by atoms with Crippen molar-refractivity contribution in [1.29, 1.82) is 0 Å². The highest BCUT2D eigenvalue weighted by Crippen LogP contribution is 2.41. The lowest BCUT2D eigenvalue weighted by atomic mass is 10.0. The first kappa shape index (κ1) is 18.1. The lowest BCUT2D eigenvalue weighted by Gasteiger charge is -2.14. The van der Waals surface area contributed by atoms with E-state index >= 15 is 0 Å². The van der Waals surface area contributed by atoms with Crippen LogP contribution in [0, 0.1) is 0 Å². The van der Waals surface area contributed by atoms with E-state index in [4.69, 9.17) is 19.9 Å². The Bertz CT molecular complexity index is 928. The number of halogens is 1. The smallest absolute Gasteiger partial charge is 0.142 e. The second kappa shape index (κ2) is 7.29. The molecule has 0 aliphatic rings. The maximum atomic E-state index is 5.94. The van der Waals surface area contributed by atoms with E-state index < -0.39 is 0 Å². The normalized spacial score (nSPS) is 10.7. The predicted octanol–water partition coefficient (Wildman–Crippen LogP) is 4.12. The molecule has 0 aliphatic carbocycles. The van der Waals surface area contributed by atoms with Crippen LogP contribution < -0.4 is 19.9 Å². The zero-order valence-corrected chi connectivity index (χ0v) is 16.6. The molecule has 6 nitrogen and oxygen atoms in total. The SMILES string of the molecule is COc1cc(-c2ncn(C)c2-c2cc(OC)c(Br)c(OC)c2)ccc1N. The first-order valence-corrected chi connectivity index (χ1v) is 8.66. The number of hydrogen-bond acceptors (Lipinski definition) is 5. The van der Waals surface area contributed by atoms with Gasteiger partial charge in [0, 0.05) is 18.2 Å². The highest BCUT2D eigenvalue weighted by atomic mass is 79.9. The molecule has 136 valence electrons. The molecule has 3 aromatic rings. The number of aromatic nitrogens is 2. The van der Waals surface area contributed by atoms with Crippen LogP contribution in [0.2, 0.25) is 0 Å². The average molecular weight is 418 g/mol. The fourth-order valence-corrected chi connectivity index (χ4v) is 3.40. The number of anilines is 1. The van der Waals surface area contributed by atoms with Gasteiger partial charge in [-0.15, -0.1) is 0 Å². The summed E-state index contributed by atoms with van der Waals surface area (Å²) < 4.78 is 19.0. The van der Waals surface area contributed by atoms with Gasteiger partial charge in [-0.3, -0.25) is 0 Å². The minimum absolute atomic E-state index is 0.584. The van der Waals surface area contributed by atoms with Gasteiger partial charge >= 0.3 is 0 Å². The third-order valence-electron chi connectivity index (χ3n) is 4.16. The molecule has 0 aliphatic heterocycles. The van der Waals surface area contributed by atoms with E-state index in [0.717, 1.165) is 27.0 Å². The Hall–Kier alpha value is -2.67. The van der Waals surface area contributed by atoms with Crippen molar-refractivity contribution in [1.82, 2.24) is 9.55 Å². The van der Waals surface area contributed by atoms with Crippen molar-refractivity contribution in [2.75, 3.05) is 27.1 Å². The van der Waals surface area contributed by atoms with E-state index in [9.17, 15) is 0 Å². The highest BCUT2D eigenvalue weighted by molar-refractivity contribution is 9.10. The molecule has 2 aromatic carbocycles. The van der Waals surface area contributed by atoms with E-state index in [1.807, 2.05) is 41.9 Å². The van der Waals surface area contributed by atoms with Crippen molar-refractivity contribution < 1.29 is 14.2 Å². The van der Waals surface area contributed by atoms with Gasteiger partial charge in [-0.1, -0.05) is 6.07 Å². The molecule has 0 fully saturated rings. The number of ether oxygens (including phenoxy) is 3. The van der Waals surface area contributed by atoms with E-state index in [1.165, 1.54) is 0 Å². The Morgan fingerprint density at radius 1 is 0.923 bits per heavy atom. The van der Waals surface area contributed by atoms with Gasteiger partial charge in [-0.05, 0) is 40.2 Å². The molecule has 1 aromatic heterocycles. The van der Waals surface area contributed by atoms with Crippen molar-refractivity contribution in [3.8, 4) is 39.8 Å². The largest absolute Gasteiger partial charge is 0.495 e. The van der Waals surface area contributed by atoms with Gasteiger partial charge in [0.2, 0.25) is 0 Å². The van der Waals surface area contributed by atoms with Crippen molar-refractivity contribution in [3.05, 3.63) is 41.1 Å². The Labute approximate surface area is 160 Å². The number of aryl methyl sites for hydroxylation is 1. The minimum Gasteiger partial charge on any atom is -0.495 e. The van der Waals surface area contributed by atoms with Gasteiger partial charge in [0.05, 0.1) is 44.7 Å². The predicted molar refractivity (Wildman–Crippen MR) is 106 cm³/mol. The monoisotopic (exact) mass is 417 g/mol. The van der Waals surface area contributed by atoms with Crippen molar-refractivity contribution in [2.45, 2.75) is 0 Å². The first-order chi connectivity index (χ1) is 12.5. The van der Waals surface area contributed by atoms with Crippen LogP contribution in [-0.2, 0) is 7.05 Å². The van der Waals surface area contributed by atoms with Gasteiger partial charge in [-0.25, -0.2) is 4.98 Å². The standard InChI is InChI=1S/C19H20BrN3O3/c1-23-10-22-18(11-5-6-13(21)14(7-11)24-2)19(23)12-8-15(25-3)17(20)16(9-12)26-4/h5-10H,21H2,1-4H3. The molecule has 0 saturated heterocycles. The van der Waals surface area contributed by atoms with Crippen molar-refractivity contribution in [3.63, 3.8) is 0 Å². The van der Waals surface area contributed by atoms with Crippen LogP contribution in [0.1, 0.15) is 0 Å².